The Morgan fingerprint density at radius 2 is 1.11 bits per heavy atom. The molecule has 2 nitrogen and oxygen atoms in total. The number of hydrogen-bond donors (Lipinski definition) is 0. The van der Waals surface area contributed by atoms with Gasteiger partial charge in [0.1, 0.15) is 23.1 Å². The van der Waals surface area contributed by atoms with Crippen LogP contribution in [0.25, 0.3) is 11.1 Å². The van der Waals surface area contributed by atoms with E-state index >= 15 is 0 Å². The number of methoxy groups -OCH3 is 2. The molecule has 0 atom stereocenters. The lowest BCUT2D eigenvalue weighted by molar-refractivity contribution is 0.409. The second-order valence-electron chi connectivity index (χ2n) is 3.69. The number of rotatable bonds is 3. The van der Waals surface area contributed by atoms with Crippen molar-refractivity contribution >= 4 is 0 Å². The summed E-state index contributed by atoms with van der Waals surface area (Å²) in [6, 6.07) is 8.14. The minimum atomic E-state index is -0.419. The van der Waals surface area contributed by atoms with Gasteiger partial charge in [0, 0.05) is 11.1 Å². The maximum absolute atomic E-state index is 13.3. The summed E-state index contributed by atoms with van der Waals surface area (Å²) in [6.45, 7) is 0. The van der Waals surface area contributed by atoms with Crippen LogP contribution in [-0.2, 0) is 0 Å². The molecule has 0 unspecified atom stereocenters. The molecule has 0 saturated carbocycles. The summed E-state index contributed by atoms with van der Waals surface area (Å²) in [6.07, 6.45) is 0. The predicted octanol–water partition coefficient (Wildman–Crippen LogP) is 3.65. The first-order valence-corrected chi connectivity index (χ1v) is 5.33. The van der Waals surface area contributed by atoms with Crippen molar-refractivity contribution in [3.63, 3.8) is 0 Å². The van der Waals surface area contributed by atoms with E-state index in [0.717, 1.165) is 0 Å². The molecule has 0 aliphatic heterocycles. The largest absolute Gasteiger partial charge is 0.496 e. The predicted molar refractivity (Wildman–Crippen MR) is 64.9 cm³/mol. The highest BCUT2D eigenvalue weighted by Gasteiger charge is 2.13. The van der Waals surface area contributed by atoms with Gasteiger partial charge in [-0.1, -0.05) is 0 Å². The zero-order valence-corrected chi connectivity index (χ0v) is 10.0. The van der Waals surface area contributed by atoms with Gasteiger partial charge < -0.3 is 9.47 Å². The van der Waals surface area contributed by atoms with E-state index in [0.29, 0.717) is 22.6 Å². The third kappa shape index (κ3) is 2.27. The molecule has 18 heavy (non-hydrogen) atoms. The Morgan fingerprint density at radius 1 is 0.722 bits per heavy atom. The van der Waals surface area contributed by atoms with Crippen molar-refractivity contribution in [2.45, 2.75) is 0 Å². The van der Waals surface area contributed by atoms with Gasteiger partial charge in [-0.2, -0.15) is 0 Å². The zero-order chi connectivity index (χ0) is 13.1. The molecule has 0 amide bonds. The van der Waals surface area contributed by atoms with Crippen LogP contribution in [0.3, 0.4) is 0 Å². The van der Waals surface area contributed by atoms with E-state index in [2.05, 4.69) is 0 Å². The first-order valence-electron chi connectivity index (χ1n) is 5.33. The second kappa shape index (κ2) is 5.04. The molecule has 0 aliphatic rings. The topological polar surface area (TPSA) is 18.5 Å². The van der Waals surface area contributed by atoms with Crippen molar-refractivity contribution in [2.75, 3.05) is 14.2 Å². The van der Waals surface area contributed by atoms with E-state index in [1.54, 1.807) is 0 Å². The molecule has 0 spiro atoms. The quantitative estimate of drug-likeness (QED) is 0.827. The second-order valence-corrected chi connectivity index (χ2v) is 3.69. The standard InChI is InChI=1S/C14H12F2O2/c1-17-13-5-3-9(15)7-11(13)12-8-10(16)4-6-14(12)18-2/h3-8H,1-2H3. The summed E-state index contributed by atoms with van der Waals surface area (Å²) in [5.74, 6) is 0.0785. The number of benzene rings is 2. The molecule has 0 N–H and O–H groups in total. The van der Waals surface area contributed by atoms with Crippen LogP contribution in [0.2, 0.25) is 0 Å². The molecule has 0 aliphatic carbocycles. The summed E-state index contributed by atoms with van der Waals surface area (Å²) in [4.78, 5) is 0. The Kier molecular flexibility index (Phi) is 3.46. The Labute approximate surface area is 104 Å². The van der Waals surface area contributed by atoms with Gasteiger partial charge in [-0.05, 0) is 36.4 Å². The monoisotopic (exact) mass is 250 g/mol. The molecule has 0 bridgehead atoms. The van der Waals surface area contributed by atoms with Crippen LogP contribution in [-0.4, -0.2) is 14.2 Å². The van der Waals surface area contributed by atoms with Crippen molar-refractivity contribution in [1.29, 1.82) is 0 Å². The maximum Gasteiger partial charge on any atom is 0.127 e. The molecule has 0 fully saturated rings. The Bertz CT molecular complexity index is 516. The maximum atomic E-state index is 13.3. The van der Waals surface area contributed by atoms with Crippen molar-refractivity contribution in [3.05, 3.63) is 48.0 Å². The Hall–Kier alpha value is -2.10. The smallest absolute Gasteiger partial charge is 0.127 e. The lowest BCUT2D eigenvalue weighted by Gasteiger charge is -2.12. The molecule has 94 valence electrons. The Balaban J connectivity index is 2.67. The molecule has 0 radical (unpaired) electrons. The first-order chi connectivity index (χ1) is 8.65. The zero-order valence-electron chi connectivity index (χ0n) is 10.0. The van der Waals surface area contributed by atoms with Gasteiger partial charge in [0.15, 0.2) is 0 Å². The van der Waals surface area contributed by atoms with Gasteiger partial charge in [0.05, 0.1) is 14.2 Å². The summed E-state index contributed by atoms with van der Waals surface area (Å²) < 4.78 is 36.9. The SMILES string of the molecule is COc1ccc(F)cc1-c1cc(F)ccc1OC. The van der Waals surface area contributed by atoms with Gasteiger partial charge >= 0.3 is 0 Å². The fraction of sp³-hybridized carbons (Fsp3) is 0.143. The highest BCUT2D eigenvalue weighted by molar-refractivity contribution is 5.75. The highest BCUT2D eigenvalue weighted by atomic mass is 19.1. The van der Waals surface area contributed by atoms with Gasteiger partial charge in [-0.15, -0.1) is 0 Å². The lowest BCUT2D eigenvalue weighted by atomic mass is 10.0. The van der Waals surface area contributed by atoms with E-state index in [-0.39, 0.29) is 0 Å². The third-order valence-corrected chi connectivity index (χ3v) is 2.61. The Morgan fingerprint density at radius 3 is 1.44 bits per heavy atom. The van der Waals surface area contributed by atoms with Crippen molar-refractivity contribution in [2.24, 2.45) is 0 Å². The molecule has 2 rings (SSSR count). The molecule has 0 saturated heterocycles. The van der Waals surface area contributed by atoms with Crippen LogP contribution in [0.1, 0.15) is 0 Å². The minimum Gasteiger partial charge on any atom is -0.496 e. The number of ether oxygens (including phenoxy) is 2. The van der Waals surface area contributed by atoms with Crippen LogP contribution in [0, 0.1) is 11.6 Å². The fourth-order valence-electron chi connectivity index (χ4n) is 1.78. The highest BCUT2D eigenvalue weighted by Crippen LogP contribution is 2.37. The lowest BCUT2D eigenvalue weighted by Crippen LogP contribution is -1.93. The van der Waals surface area contributed by atoms with E-state index in [1.807, 2.05) is 0 Å². The van der Waals surface area contributed by atoms with Gasteiger partial charge in [0.2, 0.25) is 0 Å². The number of hydrogen-bond acceptors (Lipinski definition) is 2. The molecule has 0 aromatic heterocycles. The van der Waals surface area contributed by atoms with Crippen LogP contribution in [0.4, 0.5) is 8.78 Å². The summed E-state index contributed by atoms with van der Waals surface area (Å²) in [7, 11) is 2.95. The fourth-order valence-corrected chi connectivity index (χ4v) is 1.78. The molecule has 4 heteroatoms. The van der Waals surface area contributed by atoms with E-state index < -0.39 is 11.6 Å². The van der Waals surface area contributed by atoms with Crippen molar-refractivity contribution < 1.29 is 18.3 Å². The third-order valence-electron chi connectivity index (χ3n) is 2.61. The van der Waals surface area contributed by atoms with E-state index in [4.69, 9.17) is 9.47 Å². The van der Waals surface area contributed by atoms with Gasteiger partial charge in [-0.3, -0.25) is 0 Å². The van der Waals surface area contributed by atoms with Crippen molar-refractivity contribution in [1.82, 2.24) is 0 Å². The van der Waals surface area contributed by atoms with Crippen molar-refractivity contribution in [3.8, 4) is 22.6 Å². The van der Waals surface area contributed by atoms with Crippen LogP contribution < -0.4 is 9.47 Å². The molecular formula is C14H12F2O2. The molecular weight excluding hydrogens is 238 g/mol. The van der Waals surface area contributed by atoms with Gasteiger partial charge in [0.25, 0.3) is 0 Å². The molecule has 2 aromatic rings. The minimum absolute atomic E-state index is 0.419. The average Bonchev–Trinajstić information content (AvgIpc) is 2.38. The normalized spacial score (nSPS) is 10.2. The average molecular weight is 250 g/mol. The van der Waals surface area contributed by atoms with Crippen LogP contribution in [0.15, 0.2) is 36.4 Å². The number of halogens is 2. The van der Waals surface area contributed by atoms with Crippen LogP contribution in [0.5, 0.6) is 11.5 Å². The summed E-state index contributed by atoms with van der Waals surface area (Å²) >= 11 is 0. The summed E-state index contributed by atoms with van der Waals surface area (Å²) in [5.41, 5.74) is 0.905. The van der Waals surface area contributed by atoms with Gasteiger partial charge in [-0.25, -0.2) is 8.78 Å². The van der Waals surface area contributed by atoms with Crippen LogP contribution >= 0.6 is 0 Å². The molecule has 0 heterocycles. The summed E-state index contributed by atoms with van der Waals surface area (Å²) in [5, 5.41) is 0. The van der Waals surface area contributed by atoms with E-state index in [9.17, 15) is 8.78 Å². The first kappa shape index (κ1) is 12.4. The van der Waals surface area contributed by atoms with E-state index in [1.165, 1.54) is 50.6 Å². The molecule has 2 aromatic carbocycles.